The summed E-state index contributed by atoms with van der Waals surface area (Å²) in [6.45, 7) is 2.42. The summed E-state index contributed by atoms with van der Waals surface area (Å²) in [6.07, 6.45) is 6.94. The fourth-order valence-corrected chi connectivity index (χ4v) is 5.12. The van der Waals surface area contributed by atoms with Crippen molar-refractivity contribution in [2.24, 2.45) is 35.3 Å². The highest BCUT2D eigenvalue weighted by Crippen LogP contribution is 2.55. The average Bonchev–Trinajstić information content (AvgIpc) is 2.35. The third-order valence-corrected chi connectivity index (χ3v) is 5.75. The fraction of sp³-hybridized carbons (Fsp3) is 0.933. The highest BCUT2D eigenvalue weighted by Gasteiger charge is 2.50. The lowest BCUT2D eigenvalue weighted by Gasteiger charge is -2.56. The zero-order valence-electron chi connectivity index (χ0n) is 12.0. The van der Waals surface area contributed by atoms with Crippen molar-refractivity contribution in [1.82, 2.24) is 4.90 Å². The molecule has 4 heteroatoms. The van der Waals surface area contributed by atoms with Crippen LogP contribution in [-0.2, 0) is 4.79 Å². The lowest BCUT2D eigenvalue weighted by atomic mass is 9.54. The normalized spacial score (nSPS) is 40.7. The Labute approximate surface area is 122 Å². The van der Waals surface area contributed by atoms with Crippen molar-refractivity contribution < 1.29 is 4.79 Å². The molecule has 0 spiro atoms. The molecule has 0 aromatic heterocycles. The van der Waals surface area contributed by atoms with Crippen LogP contribution in [0.1, 0.15) is 39.0 Å². The van der Waals surface area contributed by atoms with Crippen LogP contribution < -0.4 is 5.73 Å². The Balaban J connectivity index is 0.00000133. The Hall–Kier alpha value is -0.280. The summed E-state index contributed by atoms with van der Waals surface area (Å²) in [7, 11) is 2.02. The molecule has 0 aromatic rings. The highest BCUT2D eigenvalue weighted by atomic mass is 35.5. The highest BCUT2D eigenvalue weighted by molar-refractivity contribution is 5.85. The number of rotatable bonds is 3. The minimum Gasteiger partial charge on any atom is -0.342 e. The molecule has 3 nitrogen and oxygen atoms in total. The molecule has 19 heavy (non-hydrogen) atoms. The number of nitrogens with zero attached hydrogens (tertiary/aromatic N) is 1. The lowest BCUT2D eigenvalue weighted by molar-refractivity contribution is -0.144. The molecule has 110 valence electrons. The lowest BCUT2D eigenvalue weighted by Crippen LogP contribution is -2.57. The fourth-order valence-electron chi connectivity index (χ4n) is 5.12. The zero-order chi connectivity index (χ0) is 12.9. The van der Waals surface area contributed by atoms with Crippen molar-refractivity contribution in [3.05, 3.63) is 0 Å². The van der Waals surface area contributed by atoms with Gasteiger partial charge in [-0.3, -0.25) is 4.79 Å². The Morgan fingerprint density at radius 3 is 2.05 bits per heavy atom. The first kappa shape index (κ1) is 15.1. The van der Waals surface area contributed by atoms with Gasteiger partial charge in [-0.15, -0.1) is 12.4 Å². The molecule has 4 bridgehead atoms. The minimum absolute atomic E-state index is 0. The molecule has 0 radical (unpaired) electrons. The standard InChI is InChI=1S/C15H26N2O.ClH/c1-9(8-16)15(18)17(2)14-12-4-10-3-11(6-12)7-13(14)5-10;/h9-14H,3-8,16H2,1-2H3;1H. The summed E-state index contributed by atoms with van der Waals surface area (Å²) in [6, 6.07) is 0.513. The van der Waals surface area contributed by atoms with E-state index >= 15 is 0 Å². The van der Waals surface area contributed by atoms with Gasteiger partial charge < -0.3 is 10.6 Å². The van der Waals surface area contributed by atoms with Gasteiger partial charge in [-0.25, -0.2) is 0 Å². The van der Waals surface area contributed by atoms with E-state index in [9.17, 15) is 4.79 Å². The topological polar surface area (TPSA) is 46.3 Å². The summed E-state index contributed by atoms with van der Waals surface area (Å²) in [4.78, 5) is 14.4. The van der Waals surface area contributed by atoms with E-state index in [0.29, 0.717) is 12.6 Å². The SMILES string of the molecule is CC(CN)C(=O)N(C)C1C2CC3CC(C2)CC1C3.Cl. The Morgan fingerprint density at radius 2 is 1.63 bits per heavy atom. The summed E-state index contributed by atoms with van der Waals surface area (Å²) in [5, 5.41) is 0. The van der Waals surface area contributed by atoms with E-state index in [-0.39, 0.29) is 24.2 Å². The second-order valence-corrected chi connectivity index (χ2v) is 7.01. The number of carbonyl (C=O) groups excluding carboxylic acids is 1. The summed E-state index contributed by atoms with van der Waals surface area (Å²) in [5.74, 6) is 3.74. The second kappa shape index (κ2) is 5.61. The van der Waals surface area contributed by atoms with E-state index in [2.05, 4.69) is 4.90 Å². The van der Waals surface area contributed by atoms with E-state index in [1.165, 1.54) is 32.1 Å². The van der Waals surface area contributed by atoms with Gasteiger partial charge in [-0.1, -0.05) is 6.92 Å². The molecule has 4 rings (SSSR count). The molecular formula is C15H27ClN2O. The molecule has 1 amide bonds. The maximum absolute atomic E-state index is 12.3. The van der Waals surface area contributed by atoms with Crippen LogP contribution in [0.3, 0.4) is 0 Å². The van der Waals surface area contributed by atoms with Gasteiger partial charge in [-0.05, 0) is 55.8 Å². The van der Waals surface area contributed by atoms with Crippen LogP contribution in [-0.4, -0.2) is 30.4 Å². The summed E-state index contributed by atoms with van der Waals surface area (Å²) in [5.41, 5.74) is 5.64. The third-order valence-electron chi connectivity index (χ3n) is 5.75. The number of nitrogens with two attached hydrogens (primary N) is 1. The van der Waals surface area contributed by atoms with E-state index < -0.39 is 0 Å². The van der Waals surface area contributed by atoms with Crippen LogP contribution in [0.4, 0.5) is 0 Å². The molecule has 2 N–H and O–H groups in total. The van der Waals surface area contributed by atoms with Crippen LogP contribution in [0.15, 0.2) is 0 Å². The van der Waals surface area contributed by atoms with Gasteiger partial charge in [0.15, 0.2) is 0 Å². The van der Waals surface area contributed by atoms with Crippen molar-refractivity contribution in [1.29, 1.82) is 0 Å². The maximum Gasteiger partial charge on any atom is 0.226 e. The van der Waals surface area contributed by atoms with Gasteiger partial charge >= 0.3 is 0 Å². The van der Waals surface area contributed by atoms with Gasteiger partial charge in [0.05, 0.1) is 0 Å². The van der Waals surface area contributed by atoms with Crippen LogP contribution in [0.2, 0.25) is 0 Å². The zero-order valence-corrected chi connectivity index (χ0v) is 12.9. The molecular weight excluding hydrogens is 260 g/mol. The molecule has 0 heterocycles. The molecule has 4 saturated carbocycles. The Morgan fingerprint density at radius 1 is 1.16 bits per heavy atom. The Bertz CT molecular complexity index is 319. The summed E-state index contributed by atoms with van der Waals surface area (Å²) >= 11 is 0. The van der Waals surface area contributed by atoms with Crippen LogP contribution in [0.25, 0.3) is 0 Å². The molecule has 4 fully saturated rings. The first-order valence-electron chi connectivity index (χ1n) is 7.56. The monoisotopic (exact) mass is 286 g/mol. The van der Waals surface area contributed by atoms with Crippen molar-refractivity contribution in [3.8, 4) is 0 Å². The molecule has 4 aliphatic rings. The number of hydrogen-bond acceptors (Lipinski definition) is 2. The molecule has 1 atom stereocenters. The second-order valence-electron chi connectivity index (χ2n) is 7.01. The number of hydrogen-bond donors (Lipinski definition) is 1. The predicted octanol–water partition coefficient (Wildman–Crippen LogP) is 2.29. The van der Waals surface area contributed by atoms with Crippen LogP contribution in [0, 0.1) is 29.6 Å². The van der Waals surface area contributed by atoms with Gasteiger partial charge in [0.1, 0.15) is 0 Å². The van der Waals surface area contributed by atoms with Crippen molar-refractivity contribution in [3.63, 3.8) is 0 Å². The first-order valence-corrected chi connectivity index (χ1v) is 7.56. The predicted molar refractivity (Wildman–Crippen MR) is 79.1 cm³/mol. The van der Waals surface area contributed by atoms with E-state index in [1.807, 2.05) is 14.0 Å². The molecule has 0 saturated heterocycles. The molecule has 0 aliphatic heterocycles. The third kappa shape index (κ3) is 2.52. The molecule has 4 aliphatic carbocycles. The van der Waals surface area contributed by atoms with E-state index in [0.717, 1.165) is 23.7 Å². The number of halogens is 1. The van der Waals surface area contributed by atoms with Gasteiger partial charge in [0.25, 0.3) is 0 Å². The maximum atomic E-state index is 12.3. The van der Waals surface area contributed by atoms with Crippen molar-refractivity contribution in [2.75, 3.05) is 13.6 Å². The Kier molecular flexibility index (Phi) is 4.46. The smallest absolute Gasteiger partial charge is 0.226 e. The molecule has 1 unspecified atom stereocenters. The van der Waals surface area contributed by atoms with Crippen LogP contribution in [0.5, 0.6) is 0 Å². The minimum atomic E-state index is -0.0211. The molecule has 0 aromatic carbocycles. The number of carbonyl (C=O) groups is 1. The average molecular weight is 287 g/mol. The van der Waals surface area contributed by atoms with Gasteiger partial charge in [-0.2, -0.15) is 0 Å². The quantitative estimate of drug-likeness (QED) is 0.865. The van der Waals surface area contributed by atoms with Gasteiger partial charge in [0, 0.05) is 25.6 Å². The van der Waals surface area contributed by atoms with Gasteiger partial charge in [0.2, 0.25) is 5.91 Å². The van der Waals surface area contributed by atoms with Crippen molar-refractivity contribution >= 4 is 18.3 Å². The summed E-state index contributed by atoms with van der Waals surface area (Å²) < 4.78 is 0. The first-order chi connectivity index (χ1) is 8.60. The number of amides is 1. The van der Waals surface area contributed by atoms with E-state index in [4.69, 9.17) is 5.73 Å². The largest absolute Gasteiger partial charge is 0.342 e. The van der Waals surface area contributed by atoms with E-state index in [1.54, 1.807) is 0 Å². The van der Waals surface area contributed by atoms with Crippen molar-refractivity contribution in [2.45, 2.75) is 45.1 Å². The van der Waals surface area contributed by atoms with Crippen LogP contribution >= 0.6 is 12.4 Å².